The Morgan fingerprint density at radius 3 is 2.67 bits per heavy atom. The van der Waals surface area contributed by atoms with Crippen molar-refractivity contribution in [3.05, 3.63) is 0 Å². The van der Waals surface area contributed by atoms with Crippen LogP contribution in [-0.2, 0) is 0 Å². The molecule has 0 radical (unpaired) electrons. The molecule has 3 heteroatoms. The van der Waals surface area contributed by atoms with Crippen LogP contribution in [0.15, 0.2) is 4.99 Å². The molecule has 86 valence electrons. The number of amidine groups is 1. The second kappa shape index (κ2) is 4.77. The summed E-state index contributed by atoms with van der Waals surface area (Å²) in [6.07, 6.45) is 2.88. The Balaban J connectivity index is 1.67. The van der Waals surface area contributed by atoms with Gasteiger partial charge in [0.2, 0.25) is 0 Å². The van der Waals surface area contributed by atoms with E-state index in [-0.39, 0.29) is 0 Å². The van der Waals surface area contributed by atoms with Crippen LogP contribution in [0.4, 0.5) is 0 Å². The van der Waals surface area contributed by atoms with E-state index in [2.05, 4.69) is 31.1 Å². The molecule has 2 unspecified atom stereocenters. The minimum atomic E-state index is 0.698. The molecule has 2 aliphatic rings. The molecule has 1 heterocycles. The number of rotatable bonds is 4. The number of thioether (sulfide) groups is 1. The van der Waals surface area contributed by atoms with E-state index in [4.69, 9.17) is 0 Å². The highest BCUT2D eigenvalue weighted by molar-refractivity contribution is 8.14. The first kappa shape index (κ1) is 11.3. The van der Waals surface area contributed by atoms with E-state index in [1.807, 2.05) is 11.8 Å². The zero-order valence-electron chi connectivity index (χ0n) is 9.99. The van der Waals surface area contributed by atoms with Crippen LogP contribution in [0.5, 0.6) is 0 Å². The molecule has 0 saturated heterocycles. The van der Waals surface area contributed by atoms with Crippen molar-refractivity contribution < 1.29 is 0 Å². The predicted molar refractivity (Wildman–Crippen MR) is 68.4 cm³/mol. The molecular weight excluding hydrogens is 204 g/mol. The van der Waals surface area contributed by atoms with Crippen LogP contribution in [0.25, 0.3) is 0 Å². The lowest BCUT2D eigenvalue weighted by Crippen LogP contribution is -2.26. The SMILES string of the molecule is CC(C)C1CN=C(NCC(C)C2CC2)S1. The van der Waals surface area contributed by atoms with Gasteiger partial charge in [-0.15, -0.1) is 0 Å². The van der Waals surface area contributed by atoms with Gasteiger partial charge in [0.25, 0.3) is 0 Å². The zero-order valence-corrected chi connectivity index (χ0v) is 10.8. The fraction of sp³-hybridized carbons (Fsp3) is 0.917. The molecule has 2 nitrogen and oxygen atoms in total. The maximum absolute atomic E-state index is 4.56. The van der Waals surface area contributed by atoms with Gasteiger partial charge in [-0.2, -0.15) is 0 Å². The standard InChI is InChI=1S/C12H22N2S/c1-8(2)11-7-14-12(15-11)13-6-9(3)10-4-5-10/h8-11H,4-7H2,1-3H3,(H,13,14). The fourth-order valence-corrected chi connectivity index (χ4v) is 2.94. The summed E-state index contributed by atoms with van der Waals surface area (Å²) in [5.74, 6) is 2.55. The molecule has 2 rings (SSSR count). The molecule has 1 fully saturated rings. The third-order valence-electron chi connectivity index (χ3n) is 3.42. The Morgan fingerprint density at radius 2 is 2.13 bits per heavy atom. The maximum Gasteiger partial charge on any atom is 0.156 e. The number of aliphatic imine (C=N–C) groups is 1. The normalized spacial score (nSPS) is 28.0. The highest BCUT2D eigenvalue weighted by Crippen LogP contribution is 2.36. The molecule has 0 amide bonds. The molecule has 1 aliphatic heterocycles. The predicted octanol–water partition coefficient (Wildman–Crippen LogP) is 2.75. The van der Waals surface area contributed by atoms with Crippen LogP contribution in [0.2, 0.25) is 0 Å². The van der Waals surface area contributed by atoms with Gasteiger partial charge in [-0.05, 0) is 30.6 Å². The Bertz CT molecular complexity index is 246. The van der Waals surface area contributed by atoms with Crippen molar-refractivity contribution >= 4 is 16.9 Å². The third-order valence-corrected chi connectivity index (χ3v) is 4.92. The van der Waals surface area contributed by atoms with Crippen molar-refractivity contribution in [1.82, 2.24) is 5.32 Å². The van der Waals surface area contributed by atoms with Crippen molar-refractivity contribution in [2.45, 2.75) is 38.9 Å². The van der Waals surface area contributed by atoms with Gasteiger partial charge in [0.15, 0.2) is 5.17 Å². The summed E-state index contributed by atoms with van der Waals surface area (Å²) >= 11 is 1.93. The first-order valence-corrected chi connectivity index (χ1v) is 6.99. The van der Waals surface area contributed by atoms with Crippen LogP contribution in [0.3, 0.4) is 0 Å². The lowest BCUT2D eigenvalue weighted by atomic mass is 10.1. The van der Waals surface area contributed by atoms with Crippen molar-refractivity contribution in [3.63, 3.8) is 0 Å². The highest BCUT2D eigenvalue weighted by Gasteiger charge is 2.28. The Kier molecular flexibility index (Phi) is 3.60. The van der Waals surface area contributed by atoms with Crippen molar-refractivity contribution in [2.24, 2.45) is 22.7 Å². The zero-order chi connectivity index (χ0) is 10.8. The average Bonchev–Trinajstić information content (AvgIpc) is 2.93. The van der Waals surface area contributed by atoms with Crippen LogP contribution in [-0.4, -0.2) is 23.5 Å². The lowest BCUT2D eigenvalue weighted by molar-refractivity contribution is 0.501. The van der Waals surface area contributed by atoms with Crippen LogP contribution in [0.1, 0.15) is 33.6 Å². The summed E-state index contributed by atoms with van der Waals surface area (Å²) in [6.45, 7) is 9.03. The van der Waals surface area contributed by atoms with Gasteiger partial charge in [0, 0.05) is 11.8 Å². The van der Waals surface area contributed by atoms with Gasteiger partial charge in [-0.3, -0.25) is 4.99 Å². The van der Waals surface area contributed by atoms with Gasteiger partial charge in [0.05, 0.1) is 6.54 Å². The molecule has 0 bridgehead atoms. The topological polar surface area (TPSA) is 24.4 Å². The summed E-state index contributed by atoms with van der Waals surface area (Å²) < 4.78 is 0. The maximum atomic E-state index is 4.56. The molecule has 0 aromatic rings. The molecule has 1 N–H and O–H groups in total. The third kappa shape index (κ3) is 3.13. The average molecular weight is 226 g/mol. The van der Waals surface area contributed by atoms with Crippen LogP contribution >= 0.6 is 11.8 Å². The van der Waals surface area contributed by atoms with Gasteiger partial charge in [-0.25, -0.2) is 0 Å². The number of nitrogens with one attached hydrogen (secondary N) is 1. The van der Waals surface area contributed by atoms with Gasteiger partial charge in [-0.1, -0.05) is 32.5 Å². The smallest absolute Gasteiger partial charge is 0.156 e. The minimum Gasteiger partial charge on any atom is -0.365 e. The highest BCUT2D eigenvalue weighted by atomic mass is 32.2. The van der Waals surface area contributed by atoms with Crippen molar-refractivity contribution in [3.8, 4) is 0 Å². The summed E-state index contributed by atoms with van der Waals surface area (Å²) in [6, 6.07) is 0. The first-order valence-electron chi connectivity index (χ1n) is 6.11. The Morgan fingerprint density at radius 1 is 1.40 bits per heavy atom. The van der Waals surface area contributed by atoms with E-state index in [9.17, 15) is 0 Å². The molecule has 1 aliphatic carbocycles. The molecule has 2 atom stereocenters. The van der Waals surface area contributed by atoms with E-state index >= 15 is 0 Å². The summed E-state index contributed by atoms with van der Waals surface area (Å²) in [5.41, 5.74) is 0. The summed E-state index contributed by atoms with van der Waals surface area (Å²) in [4.78, 5) is 4.56. The van der Waals surface area contributed by atoms with E-state index in [0.717, 1.165) is 30.8 Å². The largest absolute Gasteiger partial charge is 0.365 e. The van der Waals surface area contributed by atoms with Gasteiger partial charge < -0.3 is 5.32 Å². The molecule has 0 aromatic heterocycles. The molecule has 15 heavy (non-hydrogen) atoms. The summed E-state index contributed by atoms with van der Waals surface area (Å²) in [5, 5.41) is 5.38. The second-order valence-electron chi connectivity index (χ2n) is 5.24. The van der Waals surface area contributed by atoms with E-state index < -0.39 is 0 Å². The molecule has 0 aromatic carbocycles. The monoisotopic (exact) mass is 226 g/mol. The molecule has 1 saturated carbocycles. The Labute approximate surface area is 97.3 Å². The quantitative estimate of drug-likeness (QED) is 0.797. The summed E-state index contributed by atoms with van der Waals surface area (Å²) in [7, 11) is 0. The molecule has 0 spiro atoms. The molecular formula is C12H22N2S. The van der Waals surface area contributed by atoms with Gasteiger partial charge >= 0.3 is 0 Å². The Hall–Kier alpha value is -0.180. The second-order valence-corrected chi connectivity index (χ2v) is 6.47. The van der Waals surface area contributed by atoms with Gasteiger partial charge in [0.1, 0.15) is 0 Å². The van der Waals surface area contributed by atoms with Crippen LogP contribution in [0, 0.1) is 17.8 Å². The van der Waals surface area contributed by atoms with E-state index in [1.54, 1.807) is 0 Å². The first-order chi connectivity index (χ1) is 7.16. The van der Waals surface area contributed by atoms with E-state index in [1.165, 1.54) is 18.0 Å². The van der Waals surface area contributed by atoms with Crippen LogP contribution < -0.4 is 5.32 Å². The van der Waals surface area contributed by atoms with Crippen molar-refractivity contribution in [1.29, 1.82) is 0 Å². The number of hydrogen-bond donors (Lipinski definition) is 1. The lowest BCUT2D eigenvalue weighted by Gasteiger charge is -2.14. The minimum absolute atomic E-state index is 0.698. The number of hydrogen-bond acceptors (Lipinski definition) is 3. The fourth-order valence-electron chi connectivity index (χ4n) is 1.92. The number of nitrogens with zero attached hydrogens (tertiary/aromatic N) is 1. The van der Waals surface area contributed by atoms with Crippen molar-refractivity contribution in [2.75, 3.05) is 13.1 Å². The van der Waals surface area contributed by atoms with E-state index in [0.29, 0.717) is 5.25 Å².